The van der Waals surface area contributed by atoms with E-state index in [4.69, 9.17) is 14.2 Å². The Hall–Kier alpha value is -0.910. The molecule has 2 saturated carbocycles. The van der Waals surface area contributed by atoms with Gasteiger partial charge in [0.05, 0.1) is 45.7 Å². The van der Waals surface area contributed by atoms with Crippen molar-refractivity contribution >= 4 is 5.97 Å². The second kappa shape index (κ2) is 6.57. The van der Waals surface area contributed by atoms with E-state index in [0.29, 0.717) is 11.8 Å². The second-order valence-electron chi connectivity index (χ2n) is 9.97. The Morgan fingerprint density at radius 3 is 2.67 bits per heavy atom. The fourth-order valence-electron chi connectivity index (χ4n) is 6.77. The molecule has 27 heavy (non-hydrogen) atoms. The minimum atomic E-state index is -0.325. The van der Waals surface area contributed by atoms with Gasteiger partial charge in [0.1, 0.15) is 12.0 Å². The number of esters is 1. The van der Waals surface area contributed by atoms with Gasteiger partial charge in [-0.15, -0.1) is 0 Å². The third-order valence-electron chi connectivity index (χ3n) is 8.36. The van der Waals surface area contributed by atoms with Crippen molar-refractivity contribution < 1.29 is 23.9 Å². The van der Waals surface area contributed by atoms with Gasteiger partial charge in [-0.2, -0.15) is 0 Å². The fraction of sp³-hybridized carbons (Fsp3) is 0.864. The van der Waals surface area contributed by atoms with Crippen LogP contribution in [0.3, 0.4) is 0 Å². The first kappa shape index (κ1) is 18.1. The van der Waals surface area contributed by atoms with Gasteiger partial charge < -0.3 is 19.1 Å². The highest BCUT2D eigenvalue weighted by molar-refractivity contribution is 5.75. The van der Waals surface area contributed by atoms with Gasteiger partial charge in [-0.25, -0.2) is 0 Å². The van der Waals surface area contributed by atoms with Crippen LogP contribution in [0.5, 0.6) is 0 Å². The highest BCUT2D eigenvalue weighted by Crippen LogP contribution is 2.56. The number of carbonyl (C=O) groups excluding carboxylic acids is 1. The zero-order valence-corrected chi connectivity index (χ0v) is 16.6. The van der Waals surface area contributed by atoms with Gasteiger partial charge in [0.25, 0.3) is 0 Å². The summed E-state index contributed by atoms with van der Waals surface area (Å²) in [5.41, 5.74) is 1.70. The van der Waals surface area contributed by atoms with Gasteiger partial charge in [0.2, 0.25) is 0 Å². The molecule has 0 amide bonds. The molecule has 5 fully saturated rings. The molecule has 0 aromatic heterocycles. The summed E-state index contributed by atoms with van der Waals surface area (Å²) in [6.45, 7) is 11.2. The smallest absolute Gasteiger partial charge is 0.315 e. The lowest BCUT2D eigenvalue weighted by Crippen LogP contribution is -3.14. The first-order valence-electron chi connectivity index (χ1n) is 11.0. The van der Waals surface area contributed by atoms with Crippen LogP contribution in [0.2, 0.25) is 0 Å². The van der Waals surface area contributed by atoms with Crippen molar-refractivity contribution in [2.45, 2.75) is 63.8 Å². The number of fused-ring (bicyclic) bond motifs is 2. The van der Waals surface area contributed by atoms with E-state index in [0.717, 1.165) is 65.0 Å². The lowest BCUT2D eigenvalue weighted by Gasteiger charge is -2.50. The number of piperidine rings is 1. The molecule has 0 bridgehead atoms. The lowest BCUT2D eigenvalue weighted by atomic mass is 9.55. The number of likely N-dealkylation sites (tertiary alicyclic amines) is 1. The molecule has 5 rings (SSSR count). The van der Waals surface area contributed by atoms with E-state index in [1.165, 1.54) is 23.3 Å². The maximum Gasteiger partial charge on any atom is 0.315 e. The van der Waals surface area contributed by atoms with Gasteiger partial charge >= 0.3 is 5.97 Å². The molecule has 1 spiro atoms. The van der Waals surface area contributed by atoms with Gasteiger partial charge in [-0.05, 0) is 43.4 Å². The van der Waals surface area contributed by atoms with E-state index in [1.807, 2.05) is 0 Å². The summed E-state index contributed by atoms with van der Waals surface area (Å²) >= 11 is 0. The minimum Gasteiger partial charge on any atom is -0.462 e. The number of carbonyl (C=O) groups is 1. The Balaban J connectivity index is 1.26. The Bertz CT molecular complexity index is 618. The zero-order valence-electron chi connectivity index (χ0n) is 16.6. The quantitative estimate of drug-likeness (QED) is 0.589. The van der Waals surface area contributed by atoms with Crippen molar-refractivity contribution in [2.75, 3.05) is 32.8 Å². The van der Waals surface area contributed by atoms with Crippen LogP contribution < -0.4 is 4.90 Å². The molecule has 3 aliphatic heterocycles. The number of hydrogen-bond acceptors (Lipinski definition) is 4. The average molecular weight is 377 g/mol. The van der Waals surface area contributed by atoms with Crippen LogP contribution in [-0.4, -0.2) is 50.7 Å². The first-order chi connectivity index (χ1) is 13.0. The standard InChI is InChI=1S/C22H33NO4/c1-15-4-3-5-21(2)13-19-16(12-18(15)21)17(20(24)27-19)14-23-8-6-22(7-9-23)25-10-11-26-22/h16-19H,1,3-14H2,2H3/p+1/t16-,17-,18+,19-,21-/m1/s1. The SMILES string of the molecule is C=C1CCC[C@]2(C)C[C@H]3OC(=O)[C@H](C[NH+]4CCC5(CC4)OCCO5)[C@H]3C[C@@H]12. The Morgan fingerprint density at radius 2 is 1.93 bits per heavy atom. The maximum atomic E-state index is 12.7. The van der Waals surface area contributed by atoms with E-state index < -0.39 is 0 Å². The molecule has 150 valence electrons. The number of ether oxygens (including phenoxy) is 3. The number of quaternary nitrogens is 1. The molecule has 5 heteroatoms. The summed E-state index contributed by atoms with van der Waals surface area (Å²) in [5, 5.41) is 0. The molecule has 5 atom stereocenters. The minimum absolute atomic E-state index is 0.0546. The third kappa shape index (κ3) is 3.06. The van der Waals surface area contributed by atoms with E-state index in [9.17, 15) is 4.79 Å². The van der Waals surface area contributed by atoms with Crippen LogP contribution in [0.4, 0.5) is 0 Å². The predicted octanol–water partition coefficient (Wildman–Crippen LogP) is 1.72. The van der Waals surface area contributed by atoms with Crippen LogP contribution in [0.1, 0.15) is 51.9 Å². The molecular weight excluding hydrogens is 342 g/mol. The van der Waals surface area contributed by atoms with Crippen molar-refractivity contribution in [1.82, 2.24) is 0 Å². The molecule has 2 aliphatic carbocycles. The molecule has 3 saturated heterocycles. The summed E-state index contributed by atoms with van der Waals surface area (Å²) in [5.74, 6) is 0.745. The first-order valence-corrected chi connectivity index (χ1v) is 11.0. The second-order valence-corrected chi connectivity index (χ2v) is 9.97. The van der Waals surface area contributed by atoms with Gasteiger partial charge in [0, 0.05) is 5.92 Å². The molecule has 5 nitrogen and oxygen atoms in total. The molecule has 0 aromatic rings. The van der Waals surface area contributed by atoms with E-state index in [2.05, 4.69) is 13.5 Å². The maximum absolute atomic E-state index is 12.7. The van der Waals surface area contributed by atoms with Crippen LogP contribution >= 0.6 is 0 Å². The van der Waals surface area contributed by atoms with E-state index >= 15 is 0 Å². The van der Waals surface area contributed by atoms with Crippen molar-refractivity contribution in [3.8, 4) is 0 Å². The average Bonchev–Trinajstić information content (AvgIpc) is 3.20. The highest BCUT2D eigenvalue weighted by Gasteiger charge is 2.56. The van der Waals surface area contributed by atoms with Gasteiger partial charge in [-0.1, -0.05) is 19.1 Å². The molecule has 5 aliphatic rings. The van der Waals surface area contributed by atoms with E-state index in [1.54, 1.807) is 0 Å². The Morgan fingerprint density at radius 1 is 1.19 bits per heavy atom. The number of hydrogen-bond donors (Lipinski definition) is 1. The summed E-state index contributed by atoms with van der Waals surface area (Å²) < 4.78 is 17.6. The van der Waals surface area contributed by atoms with Crippen molar-refractivity contribution in [2.24, 2.45) is 23.2 Å². The summed E-state index contributed by atoms with van der Waals surface area (Å²) in [7, 11) is 0. The largest absolute Gasteiger partial charge is 0.462 e. The van der Waals surface area contributed by atoms with E-state index in [-0.39, 0.29) is 29.2 Å². The molecule has 0 unspecified atom stereocenters. The van der Waals surface area contributed by atoms with Gasteiger partial charge in [-0.3, -0.25) is 4.79 Å². The highest BCUT2D eigenvalue weighted by atomic mass is 16.7. The Labute approximate surface area is 162 Å². The summed E-state index contributed by atoms with van der Waals surface area (Å²) in [4.78, 5) is 14.3. The molecule has 1 N–H and O–H groups in total. The fourth-order valence-corrected chi connectivity index (χ4v) is 6.77. The number of allylic oxidation sites excluding steroid dienone is 1. The van der Waals surface area contributed by atoms with Crippen LogP contribution in [0.25, 0.3) is 0 Å². The van der Waals surface area contributed by atoms with Crippen molar-refractivity contribution in [3.05, 3.63) is 12.2 Å². The normalized spacial score (nSPS) is 44.2. The van der Waals surface area contributed by atoms with Crippen molar-refractivity contribution in [3.63, 3.8) is 0 Å². The molecule has 0 radical (unpaired) electrons. The van der Waals surface area contributed by atoms with Crippen LogP contribution in [-0.2, 0) is 19.0 Å². The summed E-state index contributed by atoms with van der Waals surface area (Å²) in [6.07, 6.45) is 7.80. The number of rotatable bonds is 2. The van der Waals surface area contributed by atoms with Crippen LogP contribution in [0, 0.1) is 23.2 Å². The van der Waals surface area contributed by atoms with Crippen molar-refractivity contribution in [1.29, 1.82) is 0 Å². The monoisotopic (exact) mass is 376 g/mol. The lowest BCUT2D eigenvalue weighted by molar-refractivity contribution is -0.911. The molecular formula is C22H34NO4+. The third-order valence-corrected chi connectivity index (χ3v) is 8.36. The topological polar surface area (TPSA) is 49.2 Å². The Kier molecular flexibility index (Phi) is 4.41. The number of nitrogens with one attached hydrogen (secondary N) is 1. The predicted molar refractivity (Wildman–Crippen MR) is 100 cm³/mol. The zero-order chi connectivity index (χ0) is 18.6. The van der Waals surface area contributed by atoms with Crippen LogP contribution in [0.15, 0.2) is 12.2 Å². The van der Waals surface area contributed by atoms with Gasteiger partial charge in [0.15, 0.2) is 5.79 Å². The summed E-state index contributed by atoms with van der Waals surface area (Å²) in [6, 6.07) is 0. The molecule has 3 heterocycles. The molecule has 0 aromatic carbocycles.